The molecule has 120 valence electrons. The van der Waals surface area contributed by atoms with Gasteiger partial charge in [-0.15, -0.1) is 0 Å². The lowest BCUT2D eigenvalue weighted by Crippen LogP contribution is -2.19. The van der Waals surface area contributed by atoms with Gasteiger partial charge >= 0.3 is 0 Å². The number of rotatable bonds is 5. The van der Waals surface area contributed by atoms with Crippen LogP contribution in [-0.2, 0) is 6.61 Å². The average Bonchev–Trinajstić information content (AvgIpc) is 3.09. The van der Waals surface area contributed by atoms with E-state index in [1.165, 1.54) is 0 Å². The zero-order valence-electron chi connectivity index (χ0n) is 12.6. The molecular formula is C17H16Cl2N2O2. The van der Waals surface area contributed by atoms with Crippen molar-refractivity contribution >= 4 is 29.0 Å². The third-order valence-corrected chi connectivity index (χ3v) is 4.25. The number of hydrogen-bond acceptors (Lipinski definition) is 4. The normalized spacial score (nSPS) is 13.4. The van der Waals surface area contributed by atoms with Crippen molar-refractivity contribution < 1.29 is 9.47 Å². The van der Waals surface area contributed by atoms with Crippen molar-refractivity contribution in [3.63, 3.8) is 0 Å². The second kappa shape index (κ2) is 7.11. The van der Waals surface area contributed by atoms with Gasteiger partial charge < -0.3 is 14.8 Å². The van der Waals surface area contributed by atoms with Gasteiger partial charge in [-0.25, -0.2) is 0 Å². The number of hydrogen-bond donors (Lipinski definition) is 1. The predicted molar refractivity (Wildman–Crippen MR) is 93.2 cm³/mol. The fourth-order valence-electron chi connectivity index (χ4n) is 2.35. The Bertz CT molecular complexity index is 727. The van der Waals surface area contributed by atoms with Crippen LogP contribution in [0.3, 0.4) is 0 Å². The Hall–Kier alpha value is -1.91. The molecule has 1 aliphatic rings. The third-order valence-electron chi connectivity index (χ3n) is 3.54. The van der Waals surface area contributed by atoms with Crippen molar-refractivity contribution in [2.75, 3.05) is 20.2 Å². The molecule has 3 rings (SSSR count). The molecule has 0 fully saturated rings. The zero-order valence-corrected chi connectivity index (χ0v) is 14.1. The number of nitrogens with zero attached hydrogens (tertiary/aromatic N) is 1. The van der Waals surface area contributed by atoms with Crippen LogP contribution in [0.5, 0.6) is 11.5 Å². The monoisotopic (exact) mass is 350 g/mol. The maximum absolute atomic E-state index is 6.16. The molecule has 0 aliphatic carbocycles. The molecule has 23 heavy (non-hydrogen) atoms. The van der Waals surface area contributed by atoms with Crippen LogP contribution in [0.15, 0.2) is 41.4 Å². The lowest BCUT2D eigenvalue weighted by atomic mass is 10.2. The highest BCUT2D eigenvalue weighted by Gasteiger charge is 2.13. The second-order valence-electron chi connectivity index (χ2n) is 5.01. The molecule has 6 heteroatoms. The Kier molecular flexibility index (Phi) is 4.94. The van der Waals surface area contributed by atoms with Crippen molar-refractivity contribution in [2.45, 2.75) is 6.61 Å². The highest BCUT2D eigenvalue weighted by molar-refractivity contribution is 6.35. The van der Waals surface area contributed by atoms with Crippen molar-refractivity contribution in [3.05, 3.63) is 57.6 Å². The van der Waals surface area contributed by atoms with Crippen LogP contribution >= 0.6 is 23.2 Å². The van der Waals surface area contributed by atoms with Crippen molar-refractivity contribution in [1.29, 1.82) is 0 Å². The zero-order chi connectivity index (χ0) is 16.2. The smallest absolute Gasteiger partial charge is 0.161 e. The van der Waals surface area contributed by atoms with Gasteiger partial charge in [0.2, 0.25) is 0 Å². The van der Waals surface area contributed by atoms with E-state index < -0.39 is 0 Å². The topological polar surface area (TPSA) is 42.8 Å². The standard InChI is InChI=1S/C17H16Cl2N2O2/c1-22-16-9-11(17-20-7-8-21-17)5-6-15(16)23-10-12-13(18)3-2-4-14(12)19/h2-6,9H,7-8,10H2,1H3,(H,20,21). The molecule has 0 saturated carbocycles. The Labute approximate surface area is 145 Å². The molecule has 1 N–H and O–H groups in total. The molecule has 0 bridgehead atoms. The highest BCUT2D eigenvalue weighted by Crippen LogP contribution is 2.31. The first-order valence-electron chi connectivity index (χ1n) is 7.21. The molecule has 1 aliphatic heterocycles. The number of methoxy groups -OCH3 is 1. The van der Waals surface area contributed by atoms with E-state index in [1.807, 2.05) is 18.2 Å². The van der Waals surface area contributed by atoms with Crippen LogP contribution < -0.4 is 14.8 Å². The van der Waals surface area contributed by atoms with Gasteiger partial charge in [0, 0.05) is 27.7 Å². The number of halogens is 2. The quantitative estimate of drug-likeness (QED) is 0.888. The molecule has 0 unspecified atom stereocenters. The molecule has 2 aromatic rings. The maximum Gasteiger partial charge on any atom is 0.161 e. The summed E-state index contributed by atoms with van der Waals surface area (Å²) in [5.74, 6) is 2.15. The minimum atomic E-state index is 0.271. The SMILES string of the molecule is COc1cc(C2=NCCN2)ccc1OCc1c(Cl)cccc1Cl. The largest absolute Gasteiger partial charge is 0.493 e. The molecule has 1 heterocycles. The first kappa shape index (κ1) is 16.0. The van der Waals surface area contributed by atoms with Gasteiger partial charge in [0.25, 0.3) is 0 Å². The number of ether oxygens (including phenoxy) is 2. The lowest BCUT2D eigenvalue weighted by molar-refractivity contribution is 0.284. The fourth-order valence-corrected chi connectivity index (χ4v) is 2.85. The van der Waals surface area contributed by atoms with Crippen molar-refractivity contribution in [1.82, 2.24) is 5.32 Å². The van der Waals surface area contributed by atoms with Crippen LogP contribution in [0, 0.1) is 0 Å². The number of benzene rings is 2. The molecule has 0 atom stereocenters. The fraction of sp³-hybridized carbons (Fsp3) is 0.235. The van der Waals surface area contributed by atoms with Gasteiger partial charge in [-0.05, 0) is 30.3 Å². The minimum absolute atomic E-state index is 0.271. The first-order chi connectivity index (χ1) is 11.2. The van der Waals surface area contributed by atoms with E-state index in [0.29, 0.717) is 21.5 Å². The summed E-state index contributed by atoms with van der Waals surface area (Å²) < 4.78 is 11.3. The third kappa shape index (κ3) is 3.54. The van der Waals surface area contributed by atoms with E-state index in [1.54, 1.807) is 25.3 Å². The van der Waals surface area contributed by atoms with Gasteiger partial charge in [0.05, 0.1) is 13.7 Å². The number of aliphatic imine (C=N–C) groups is 1. The maximum atomic E-state index is 6.16. The van der Waals surface area contributed by atoms with Crippen LogP contribution in [-0.4, -0.2) is 26.0 Å². The highest BCUT2D eigenvalue weighted by atomic mass is 35.5. The Balaban J connectivity index is 1.80. The van der Waals surface area contributed by atoms with Crippen LogP contribution in [0.25, 0.3) is 0 Å². The molecule has 0 radical (unpaired) electrons. The molecular weight excluding hydrogens is 335 g/mol. The summed E-state index contributed by atoms with van der Waals surface area (Å²) in [5, 5.41) is 4.40. The molecule has 0 aromatic heterocycles. The van der Waals surface area contributed by atoms with Gasteiger partial charge in [-0.1, -0.05) is 29.3 Å². The van der Waals surface area contributed by atoms with Gasteiger partial charge in [0.15, 0.2) is 11.5 Å². The Morgan fingerprint density at radius 1 is 1.13 bits per heavy atom. The van der Waals surface area contributed by atoms with Crippen LogP contribution in [0.2, 0.25) is 10.0 Å². The van der Waals surface area contributed by atoms with Crippen molar-refractivity contribution in [2.24, 2.45) is 4.99 Å². The number of nitrogens with one attached hydrogen (secondary N) is 1. The van der Waals surface area contributed by atoms with Crippen LogP contribution in [0.4, 0.5) is 0 Å². The molecule has 0 spiro atoms. The summed E-state index contributed by atoms with van der Waals surface area (Å²) in [4.78, 5) is 4.40. The summed E-state index contributed by atoms with van der Waals surface area (Å²) in [6, 6.07) is 11.1. The summed E-state index contributed by atoms with van der Waals surface area (Å²) in [5.41, 5.74) is 1.73. The summed E-state index contributed by atoms with van der Waals surface area (Å²) >= 11 is 12.3. The van der Waals surface area contributed by atoms with Gasteiger partial charge in [-0.3, -0.25) is 4.99 Å². The molecule has 2 aromatic carbocycles. The summed E-state index contributed by atoms with van der Waals surface area (Å²) in [6.07, 6.45) is 0. The summed E-state index contributed by atoms with van der Waals surface area (Å²) in [7, 11) is 1.61. The van der Waals surface area contributed by atoms with Crippen LogP contribution in [0.1, 0.15) is 11.1 Å². The Morgan fingerprint density at radius 3 is 2.57 bits per heavy atom. The molecule has 0 saturated heterocycles. The second-order valence-corrected chi connectivity index (χ2v) is 5.83. The van der Waals surface area contributed by atoms with Crippen molar-refractivity contribution in [3.8, 4) is 11.5 Å². The predicted octanol–water partition coefficient (Wildman–Crippen LogP) is 3.93. The van der Waals surface area contributed by atoms with E-state index in [0.717, 1.165) is 30.1 Å². The summed E-state index contributed by atoms with van der Waals surface area (Å²) in [6.45, 7) is 1.93. The number of amidine groups is 1. The first-order valence-corrected chi connectivity index (χ1v) is 7.97. The molecule has 0 amide bonds. The average molecular weight is 351 g/mol. The lowest BCUT2D eigenvalue weighted by Gasteiger charge is -2.14. The minimum Gasteiger partial charge on any atom is -0.493 e. The van der Waals surface area contributed by atoms with E-state index in [4.69, 9.17) is 32.7 Å². The van der Waals surface area contributed by atoms with E-state index in [-0.39, 0.29) is 6.61 Å². The van der Waals surface area contributed by atoms with Gasteiger partial charge in [0.1, 0.15) is 12.4 Å². The van der Waals surface area contributed by atoms with E-state index >= 15 is 0 Å². The van der Waals surface area contributed by atoms with E-state index in [9.17, 15) is 0 Å². The Morgan fingerprint density at radius 2 is 1.91 bits per heavy atom. The van der Waals surface area contributed by atoms with E-state index in [2.05, 4.69) is 10.3 Å². The molecule has 4 nitrogen and oxygen atoms in total. The van der Waals surface area contributed by atoms with Gasteiger partial charge in [-0.2, -0.15) is 0 Å².